The van der Waals surface area contributed by atoms with Crippen molar-refractivity contribution in [1.82, 2.24) is 10.2 Å². The van der Waals surface area contributed by atoms with Crippen molar-refractivity contribution in [3.8, 4) is 0 Å². The molecule has 0 heterocycles. The fourth-order valence-corrected chi connectivity index (χ4v) is 3.62. The number of nitrogens with two attached hydrogens (primary N) is 1. The molecule has 5 nitrogen and oxygen atoms in total. The molecule has 0 aliphatic heterocycles. The molecule has 26 heavy (non-hydrogen) atoms. The van der Waals surface area contributed by atoms with Gasteiger partial charge in [-0.1, -0.05) is 19.3 Å². The van der Waals surface area contributed by atoms with Gasteiger partial charge in [-0.2, -0.15) is 0 Å². The average molecular weight is 382 g/mol. The summed E-state index contributed by atoms with van der Waals surface area (Å²) in [6.07, 6.45) is 6.00. The molecule has 0 aromatic heterocycles. The first-order chi connectivity index (χ1) is 12.1. The third-order valence-electron chi connectivity index (χ3n) is 5.23. The Hall–Kier alpha value is -1.59. The van der Waals surface area contributed by atoms with Crippen LogP contribution in [0.4, 0.5) is 0 Å². The van der Waals surface area contributed by atoms with Gasteiger partial charge in [0.1, 0.15) is 0 Å². The molecule has 0 bridgehead atoms. The summed E-state index contributed by atoms with van der Waals surface area (Å²) in [5.74, 6) is 0.369. The number of carbonyl (C=O) groups excluding carboxylic acids is 2. The minimum Gasteiger partial charge on any atom is -0.348 e. The van der Waals surface area contributed by atoms with Crippen LogP contribution in [0.3, 0.4) is 0 Å². The van der Waals surface area contributed by atoms with Crippen molar-refractivity contribution in [2.45, 2.75) is 52.0 Å². The number of hydrogen-bond donors (Lipinski definition) is 2. The van der Waals surface area contributed by atoms with E-state index in [0.29, 0.717) is 36.7 Å². The first kappa shape index (κ1) is 22.5. The smallest absolute Gasteiger partial charge is 0.253 e. The molecule has 1 aromatic rings. The predicted molar refractivity (Wildman–Crippen MR) is 108 cm³/mol. The molecular formula is C20H32ClN3O2. The van der Waals surface area contributed by atoms with Crippen molar-refractivity contribution in [3.05, 3.63) is 35.4 Å². The highest BCUT2D eigenvalue weighted by Crippen LogP contribution is 2.26. The number of benzene rings is 1. The summed E-state index contributed by atoms with van der Waals surface area (Å²) in [6.45, 7) is 5.74. The fraction of sp³-hybridized carbons (Fsp3) is 0.600. The number of halogens is 1. The van der Waals surface area contributed by atoms with E-state index in [1.54, 1.807) is 29.2 Å². The highest BCUT2D eigenvalue weighted by Gasteiger charge is 2.24. The highest BCUT2D eigenvalue weighted by atomic mass is 35.5. The van der Waals surface area contributed by atoms with Crippen molar-refractivity contribution in [1.29, 1.82) is 0 Å². The number of nitrogens with one attached hydrogen (secondary N) is 1. The summed E-state index contributed by atoms with van der Waals surface area (Å²) < 4.78 is 0. The second-order valence-electron chi connectivity index (χ2n) is 6.77. The van der Waals surface area contributed by atoms with Gasteiger partial charge in [-0.25, -0.2) is 0 Å². The van der Waals surface area contributed by atoms with E-state index in [0.717, 1.165) is 12.8 Å². The Morgan fingerprint density at radius 1 is 1.08 bits per heavy atom. The number of rotatable bonds is 7. The van der Waals surface area contributed by atoms with Crippen molar-refractivity contribution in [3.63, 3.8) is 0 Å². The van der Waals surface area contributed by atoms with Crippen LogP contribution in [0.1, 0.15) is 66.7 Å². The molecule has 1 saturated carbocycles. The van der Waals surface area contributed by atoms with Crippen LogP contribution >= 0.6 is 12.4 Å². The maximum Gasteiger partial charge on any atom is 0.253 e. The van der Waals surface area contributed by atoms with Gasteiger partial charge in [-0.3, -0.25) is 9.59 Å². The second kappa shape index (κ2) is 11.2. The third-order valence-corrected chi connectivity index (χ3v) is 5.23. The van der Waals surface area contributed by atoms with Gasteiger partial charge in [0, 0.05) is 36.8 Å². The summed E-state index contributed by atoms with van der Waals surface area (Å²) in [7, 11) is 0. The summed E-state index contributed by atoms with van der Waals surface area (Å²) in [6, 6.07) is 6.94. The predicted octanol–water partition coefficient (Wildman–Crippen LogP) is 3.23. The van der Waals surface area contributed by atoms with Crippen LogP contribution in [-0.2, 0) is 0 Å². The van der Waals surface area contributed by atoms with Crippen LogP contribution in [0.5, 0.6) is 0 Å². The van der Waals surface area contributed by atoms with E-state index in [2.05, 4.69) is 5.32 Å². The molecule has 0 saturated heterocycles. The SMILES string of the molecule is CCN(CC)C(=O)c1ccc(C(=O)NC(CN)C2CCCCC2)cc1.Cl. The standard InChI is InChI=1S/C20H31N3O2.ClH/c1-3-23(4-2)20(25)17-12-10-16(11-13-17)19(24)22-18(14-21)15-8-6-5-7-9-15;/h10-13,15,18H,3-9,14,21H2,1-2H3,(H,22,24);1H. The molecule has 1 aliphatic carbocycles. The van der Waals surface area contributed by atoms with E-state index in [1.807, 2.05) is 13.8 Å². The summed E-state index contributed by atoms with van der Waals surface area (Å²) in [5.41, 5.74) is 7.08. The highest BCUT2D eigenvalue weighted by molar-refractivity contribution is 5.97. The molecule has 6 heteroatoms. The third kappa shape index (κ3) is 5.71. The number of carbonyl (C=O) groups is 2. The molecule has 0 spiro atoms. The lowest BCUT2D eigenvalue weighted by molar-refractivity contribution is 0.0772. The first-order valence-electron chi connectivity index (χ1n) is 9.50. The zero-order valence-corrected chi connectivity index (χ0v) is 16.7. The van der Waals surface area contributed by atoms with Crippen LogP contribution in [0.2, 0.25) is 0 Å². The van der Waals surface area contributed by atoms with Crippen molar-refractivity contribution in [2.24, 2.45) is 11.7 Å². The van der Waals surface area contributed by atoms with E-state index >= 15 is 0 Å². The number of hydrogen-bond acceptors (Lipinski definition) is 3. The molecular weight excluding hydrogens is 350 g/mol. The molecule has 2 rings (SSSR count). The van der Waals surface area contributed by atoms with Gasteiger partial charge in [0.2, 0.25) is 0 Å². The van der Waals surface area contributed by atoms with E-state index in [4.69, 9.17) is 5.73 Å². The fourth-order valence-electron chi connectivity index (χ4n) is 3.62. The maximum atomic E-state index is 12.5. The Balaban J connectivity index is 0.00000338. The molecule has 2 amide bonds. The van der Waals surface area contributed by atoms with Gasteiger partial charge in [-0.15, -0.1) is 12.4 Å². The molecule has 146 valence electrons. The van der Waals surface area contributed by atoms with E-state index in [1.165, 1.54) is 19.3 Å². The van der Waals surface area contributed by atoms with E-state index in [-0.39, 0.29) is 30.3 Å². The molecule has 1 aromatic carbocycles. The van der Waals surface area contributed by atoms with Crippen LogP contribution in [-0.4, -0.2) is 42.4 Å². The number of nitrogens with zero attached hydrogens (tertiary/aromatic N) is 1. The first-order valence-corrected chi connectivity index (χ1v) is 9.50. The van der Waals surface area contributed by atoms with Gasteiger partial charge in [0.05, 0.1) is 0 Å². The normalized spacial score (nSPS) is 15.7. The van der Waals surface area contributed by atoms with Crippen molar-refractivity contribution in [2.75, 3.05) is 19.6 Å². The molecule has 3 N–H and O–H groups in total. The Kier molecular flexibility index (Phi) is 9.66. The minimum atomic E-state index is -0.108. The lowest BCUT2D eigenvalue weighted by atomic mass is 9.84. The lowest BCUT2D eigenvalue weighted by Crippen LogP contribution is -2.45. The maximum absolute atomic E-state index is 12.5. The van der Waals surface area contributed by atoms with Crippen LogP contribution in [0.25, 0.3) is 0 Å². The van der Waals surface area contributed by atoms with Crippen LogP contribution in [0.15, 0.2) is 24.3 Å². The molecule has 0 radical (unpaired) electrons. The Morgan fingerprint density at radius 3 is 2.12 bits per heavy atom. The van der Waals surface area contributed by atoms with Crippen molar-refractivity contribution < 1.29 is 9.59 Å². The topological polar surface area (TPSA) is 75.4 Å². The van der Waals surface area contributed by atoms with Gasteiger partial charge >= 0.3 is 0 Å². The second-order valence-corrected chi connectivity index (χ2v) is 6.77. The minimum absolute atomic E-state index is 0. The zero-order valence-electron chi connectivity index (χ0n) is 15.9. The Bertz CT molecular complexity index is 567. The lowest BCUT2D eigenvalue weighted by Gasteiger charge is -2.30. The molecule has 1 atom stereocenters. The van der Waals surface area contributed by atoms with Gasteiger partial charge in [-0.05, 0) is 56.9 Å². The quantitative estimate of drug-likeness (QED) is 0.761. The van der Waals surface area contributed by atoms with Crippen molar-refractivity contribution >= 4 is 24.2 Å². The largest absolute Gasteiger partial charge is 0.348 e. The number of amides is 2. The van der Waals surface area contributed by atoms with Crippen LogP contribution in [0, 0.1) is 5.92 Å². The van der Waals surface area contributed by atoms with Gasteiger partial charge in [0.25, 0.3) is 11.8 Å². The van der Waals surface area contributed by atoms with Crippen LogP contribution < -0.4 is 11.1 Å². The summed E-state index contributed by atoms with van der Waals surface area (Å²) in [4.78, 5) is 26.6. The van der Waals surface area contributed by atoms with E-state index < -0.39 is 0 Å². The summed E-state index contributed by atoms with van der Waals surface area (Å²) in [5, 5.41) is 3.09. The Labute approximate surface area is 163 Å². The van der Waals surface area contributed by atoms with Gasteiger partial charge < -0.3 is 16.0 Å². The molecule has 1 unspecified atom stereocenters. The Morgan fingerprint density at radius 2 is 1.62 bits per heavy atom. The summed E-state index contributed by atoms with van der Waals surface area (Å²) >= 11 is 0. The zero-order chi connectivity index (χ0) is 18.2. The molecule has 1 aliphatic rings. The van der Waals surface area contributed by atoms with Gasteiger partial charge in [0.15, 0.2) is 0 Å². The average Bonchev–Trinajstić information content (AvgIpc) is 2.67. The molecule has 1 fully saturated rings. The van der Waals surface area contributed by atoms with E-state index in [9.17, 15) is 9.59 Å². The monoisotopic (exact) mass is 381 g/mol.